The van der Waals surface area contributed by atoms with Crippen LogP contribution in [0.15, 0.2) is 0 Å². The molecule has 0 aliphatic heterocycles. The van der Waals surface area contributed by atoms with Gasteiger partial charge in [-0.25, -0.2) is 0 Å². The maximum absolute atomic E-state index is 10.5. The average Bonchev–Trinajstić information content (AvgIpc) is 2.24. The number of hydrogen-bond acceptors (Lipinski definition) is 6. The quantitative estimate of drug-likeness (QED) is 0.273. The van der Waals surface area contributed by atoms with Gasteiger partial charge in [-0.2, -0.15) is 0 Å². The standard InChI is InChI=1S/C9H15N2O6.Ni.H2O.O/c1-10(4-7(12)13)2-3-11(5-8(14)15)6-9(16)17;;;/h1-6H2,(H,12,13)(H,14,15)(H,16,17);;1H2;/q-1;+1;;/p-1. The first-order valence-corrected chi connectivity index (χ1v) is 5.86. The Hall–Kier alpha value is -1.42. The van der Waals surface area contributed by atoms with Gasteiger partial charge in [-0.1, -0.05) is 0 Å². The summed E-state index contributed by atoms with van der Waals surface area (Å²) in [5, 5.41) is 25.6. The summed E-state index contributed by atoms with van der Waals surface area (Å²) in [6.07, 6.45) is 0. The summed E-state index contributed by atoms with van der Waals surface area (Å²) in [6, 6.07) is 0. The van der Waals surface area contributed by atoms with Crippen molar-refractivity contribution in [2.24, 2.45) is 0 Å². The van der Waals surface area contributed by atoms with E-state index in [2.05, 4.69) is 7.05 Å². The van der Waals surface area contributed by atoms with Crippen molar-refractivity contribution >= 4 is 17.9 Å². The van der Waals surface area contributed by atoms with Crippen LogP contribution in [0.4, 0.5) is 0 Å². The fraction of sp³-hybridized carbons (Fsp3) is 0.556. The molecule has 20 heavy (non-hydrogen) atoms. The van der Waals surface area contributed by atoms with Gasteiger partial charge in [0.1, 0.15) is 0 Å². The van der Waals surface area contributed by atoms with Crippen LogP contribution in [0.5, 0.6) is 0 Å². The number of aliphatic carboxylic acids is 3. The van der Waals surface area contributed by atoms with Crippen molar-refractivity contribution in [2.75, 3.05) is 32.7 Å². The van der Waals surface area contributed by atoms with Gasteiger partial charge in [0.05, 0.1) is 19.6 Å². The fourth-order valence-electron chi connectivity index (χ4n) is 1.15. The number of carboxylic acids is 3. The van der Waals surface area contributed by atoms with Crippen molar-refractivity contribution in [1.82, 2.24) is 9.80 Å². The van der Waals surface area contributed by atoms with Crippen LogP contribution in [0.2, 0.25) is 0 Å². The molecule has 11 heteroatoms. The summed E-state index contributed by atoms with van der Waals surface area (Å²) >= 11 is -0.625. The van der Waals surface area contributed by atoms with E-state index in [1.165, 1.54) is 9.80 Å². The van der Waals surface area contributed by atoms with Crippen LogP contribution in [0.1, 0.15) is 0 Å². The molecule has 0 rings (SSSR count). The molecule has 0 aliphatic carbocycles. The zero-order valence-electron chi connectivity index (χ0n) is 10.4. The summed E-state index contributed by atoms with van der Waals surface area (Å²) in [4.78, 5) is 33.6. The van der Waals surface area contributed by atoms with Gasteiger partial charge < -0.3 is 20.2 Å². The van der Waals surface area contributed by atoms with Gasteiger partial charge in [-0.05, 0) is 6.54 Å². The van der Waals surface area contributed by atoms with Crippen LogP contribution in [-0.2, 0) is 33.0 Å². The third kappa shape index (κ3) is 16.6. The van der Waals surface area contributed by atoms with Crippen LogP contribution in [0.3, 0.4) is 0 Å². The molecule has 0 aromatic heterocycles. The Morgan fingerprint density at radius 1 is 0.900 bits per heavy atom. The van der Waals surface area contributed by atoms with Gasteiger partial charge in [0.25, 0.3) is 0 Å². The van der Waals surface area contributed by atoms with Gasteiger partial charge in [-0.3, -0.25) is 26.3 Å². The number of hydrogen-bond donors (Lipinski definition) is 4. The first-order chi connectivity index (χ1) is 9.22. The van der Waals surface area contributed by atoms with Gasteiger partial charge in [0, 0.05) is 6.54 Å². The minimum atomic E-state index is -1.14. The Labute approximate surface area is 120 Å². The molecule has 0 saturated heterocycles. The van der Waals surface area contributed by atoms with Gasteiger partial charge >= 0.3 is 40.7 Å². The van der Waals surface area contributed by atoms with Gasteiger partial charge in [-0.15, -0.1) is 0 Å². The molecule has 0 bridgehead atoms. The Balaban J connectivity index is 0. The molecule has 121 valence electrons. The fourth-order valence-corrected chi connectivity index (χ4v) is 1.15. The molecule has 0 aliphatic rings. The SMILES string of the molecule is [CH2-]N(CCN(CC(=O)O)CC(=O)O)CC(=O)O.[O]=[Ni][OH]. The van der Waals surface area contributed by atoms with E-state index >= 15 is 0 Å². The molecule has 0 aromatic carbocycles. The molecule has 0 amide bonds. The van der Waals surface area contributed by atoms with Gasteiger partial charge in [0.15, 0.2) is 0 Å². The molecule has 0 fully saturated rings. The Morgan fingerprint density at radius 2 is 1.25 bits per heavy atom. The Morgan fingerprint density at radius 3 is 1.55 bits per heavy atom. The molecular weight excluding hydrogens is 323 g/mol. The molecule has 0 radical (unpaired) electrons. The van der Waals surface area contributed by atoms with Crippen molar-refractivity contribution in [2.45, 2.75) is 0 Å². The zero-order chi connectivity index (χ0) is 16.1. The molecule has 0 spiro atoms. The van der Waals surface area contributed by atoms with Crippen molar-refractivity contribution < 1.29 is 52.5 Å². The Kier molecular flexibility index (Phi) is 13.2. The molecule has 10 nitrogen and oxygen atoms in total. The van der Waals surface area contributed by atoms with Gasteiger partial charge in [0.2, 0.25) is 0 Å². The predicted molar refractivity (Wildman–Crippen MR) is 59.2 cm³/mol. The van der Waals surface area contributed by atoms with E-state index in [-0.39, 0.29) is 19.6 Å². The van der Waals surface area contributed by atoms with Crippen molar-refractivity contribution in [3.63, 3.8) is 0 Å². The van der Waals surface area contributed by atoms with E-state index in [0.717, 1.165) is 0 Å². The average molecular weight is 339 g/mol. The third-order valence-electron chi connectivity index (χ3n) is 1.81. The maximum atomic E-state index is 10.5. The van der Waals surface area contributed by atoms with Crippen LogP contribution in [-0.4, -0.2) is 80.0 Å². The van der Waals surface area contributed by atoms with E-state index < -0.39 is 45.7 Å². The van der Waals surface area contributed by atoms with Crippen LogP contribution in [0.25, 0.3) is 0 Å². The summed E-state index contributed by atoms with van der Waals surface area (Å²) in [5.41, 5.74) is 0. The van der Waals surface area contributed by atoms with Crippen molar-refractivity contribution in [1.29, 1.82) is 0 Å². The van der Waals surface area contributed by atoms with E-state index in [9.17, 15) is 14.4 Å². The monoisotopic (exact) mass is 338 g/mol. The van der Waals surface area contributed by atoms with E-state index in [1.807, 2.05) is 0 Å². The molecule has 0 heterocycles. The number of carboxylic acid groups (broad SMARTS) is 3. The van der Waals surface area contributed by atoms with Crippen molar-refractivity contribution in [3.8, 4) is 0 Å². The predicted octanol–water partition coefficient (Wildman–Crippen LogP) is -2.04. The van der Waals surface area contributed by atoms with Crippen LogP contribution < -0.4 is 0 Å². The molecule has 0 atom stereocenters. The second-order valence-electron chi connectivity index (χ2n) is 3.50. The third-order valence-corrected chi connectivity index (χ3v) is 1.81. The topological polar surface area (TPSA) is 156 Å². The normalized spacial score (nSPS) is 10.2. The van der Waals surface area contributed by atoms with Crippen LogP contribution >= 0.6 is 0 Å². The summed E-state index contributed by atoms with van der Waals surface area (Å²) in [6.45, 7) is -0.809. The van der Waals surface area contributed by atoms with E-state index in [4.69, 9.17) is 23.5 Å². The molecule has 4 N–H and O–H groups in total. The first kappa shape index (κ1) is 20.9. The Bertz CT molecular complexity index is 322. The molecule has 0 saturated carbocycles. The van der Waals surface area contributed by atoms with Crippen LogP contribution in [0, 0.1) is 7.05 Å². The van der Waals surface area contributed by atoms with E-state index in [1.54, 1.807) is 0 Å². The van der Waals surface area contributed by atoms with E-state index in [0.29, 0.717) is 0 Å². The number of nitrogens with zero attached hydrogens (tertiary/aromatic N) is 2. The van der Waals surface area contributed by atoms with Crippen molar-refractivity contribution in [3.05, 3.63) is 7.05 Å². The number of rotatable bonds is 9. The summed E-state index contributed by atoms with van der Waals surface area (Å²) in [5.74, 6) is -3.33. The molecule has 0 aromatic rings. The molecule has 0 unspecified atom stereocenters. The second kappa shape index (κ2) is 12.6. The summed E-state index contributed by atoms with van der Waals surface area (Å²) in [7, 11) is 3.44. The first-order valence-electron chi connectivity index (χ1n) is 5.01. The zero-order valence-corrected chi connectivity index (χ0v) is 11.4. The summed E-state index contributed by atoms with van der Waals surface area (Å²) < 4.78 is 15.4. The number of carbonyl (C=O) groups is 3. The minimum absolute atomic E-state index is 0.120. The molecular formula is C9H16N2NiO8-. The second-order valence-corrected chi connectivity index (χ2v) is 3.68.